The van der Waals surface area contributed by atoms with Gasteiger partial charge in [0.05, 0.1) is 5.02 Å². The standard InChI is InChI=1S/C12H14Cl2FNO/c1-12(2,3)16-11(17)9(14)7-5-4-6-8(13)10(7)15/h4-6,9H,1-3H3,(H,16,17). The largest absolute Gasteiger partial charge is 0.350 e. The molecular weight excluding hydrogens is 264 g/mol. The molecule has 2 nitrogen and oxygen atoms in total. The quantitative estimate of drug-likeness (QED) is 0.821. The lowest BCUT2D eigenvalue weighted by molar-refractivity contribution is -0.122. The van der Waals surface area contributed by atoms with E-state index >= 15 is 0 Å². The lowest BCUT2D eigenvalue weighted by Gasteiger charge is -2.22. The van der Waals surface area contributed by atoms with Crippen LogP contribution in [0.5, 0.6) is 0 Å². The van der Waals surface area contributed by atoms with Crippen molar-refractivity contribution in [1.82, 2.24) is 5.32 Å². The van der Waals surface area contributed by atoms with Crippen molar-refractivity contribution in [3.8, 4) is 0 Å². The fourth-order valence-electron chi connectivity index (χ4n) is 1.29. The molecule has 1 atom stereocenters. The van der Waals surface area contributed by atoms with Crippen LogP contribution in [-0.4, -0.2) is 11.4 Å². The van der Waals surface area contributed by atoms with Crippen LogP contribution in [0.4, 0.5) is 4.39 Å². The molecule has 0 saturated heterocycles. The van der Waals surface area contributed by atoms with Gasteiger partial charge in [-0.25, -0.2) is 4.39 Å². The summed E-state index contributed by atoms with van der Waals surface area (Å²) in [4.78, 5) is 11.8. The number of benzene rings is 1. The van der Waals surface area contributed by atoms with Crippen LogP contribution in [0.1, 0.15) is 31.7 Å². The zero-order valence-electron chi connectivity index (χ0n) is 9.85. The van der Waals surface area contributed by atoms with Crippen LogP contribution < -0.4 is 5.32 Å². The predicted molar refractivity (Wildman–Crippen MR) is 67.9 cm³/mol. The van der Waals surface area contributed by atoms with Gasteiger partial charge in [0.25, 0.3) is 0 Å². The maximum absolute atomic E-state index is 13.6. The third-order valence-electron chi connectivity index (χ3n) is 1.98. The van der Waals surface area contributed by atoms with Crippen molar-refractivity contribution in [3.63, 3.8) is 0 Å². The van der Waals surface area contributed by atoms with Gasteiger partial charge in [-0.1, -0.05) is 23.7 Å². The molecular formula is C12H14Cl2FNO. The second-order valence-electron chi connectivity index (χ2n) is 4.74. The zero-order chi connectivity index (χ0) is 13.2. The van der Waals surface area contributed by atoms with Crippen LogP contribution in [0.25, 0.3) is 0 Å². The summed E-state index contributed by atoms with van der Waals surface area (Å²) >= 11 is 11.6. The van der Waals surface area contributed by atoms with Crippen LogP contribution in [0.15, 0.2) is 18.2 Å². The van der Waals surface area contributed by atoms with E-state index in [0.717, 1.165) is 0 Å². The van der Waals surface area contributed by atoms with Crippen molar-refractivity contribution in [1.29, 1.82) is 0 Å². The number of amides is 1. The van der Waals surface area contributed by atoms with Crippen LogP contribution in [0.3, 0.4) is 0 Å². The highest BCUT2D eigenvalue weighted by atomic mass is 35.5. The Morgan fingerprint density at radius 2 is 2.00 bits per heavy atom. The number of carbonyl (C=O) groups is 1. The highest BCUT2D eigenvalue weighted by molar-refractivity contribution is 6.32. The molecule has 1 amide bonds. The number of nitrogens with one attached hydrogen (secondary N) is 1. The number of rotatable bonds is 2. The monoisotopic (exact) mass is 277 g/mol. The third-order valence-corrected chi connectivity index (χ3v) is 2.71. The Morgan fingerprint density at radius 1 is 1.41 bits per heavy atom. The molecule has 0 aliphatic heterocycles. The molecule has 0 bridgehead atoms. The molecule has 0 aromatic heterocycles. The highest BCUT2D eigenvalue weighted by Crippen LogP contribution is 2.28. The first-order valence-corrected chi connectivity index (χ1v) is 5.94. The van der Waals surface area contributed by atoms with Crippen LogP contribution in [0, 0.1) is 5.82 Å². The van der Waals surface area contributed by atoms with Gasteiger partial charge in [0.2, 0.25) is 5.91 Å². The topological polar surface area (TPSA) is 29.1 Å². The summed E-state index contributed by atoms with van der Waals surface area (Å²) < 4.78 is 13.6. The average Bonchev–Trinajstić information content (AvgIpc) is 2.18. The van der Waals surface area contributed by atoms with Gasteiger partial charge in [0.1, 0.15) is 11.2 Å². The highest BCUT2D eigenvalue weighted by Gasteiger charge is 2.25. The van der Waals surface area contributed by atoms with Gasteiger partial charge in [0, 0.05) is 11.1 Å². The predicted octanol–water partition coefficient (Wildman–Crippen LogP) is 3.67. The zero-order valence-corrected chi connectivity index (χ0v) is 11.4. The normalized spacial score (nSPS) is 13.3. The fraction of sp³-hybridized carbons (Fsp3) is 0.417. The molecule has 0 spiro atoms. The number of carbonyl (C=O) groups excluding carboxylic acids is 1. The molecule has 1 unspecified atom stereocenters. The van der Waals surface area contributed by atoms with E-state index in [1.165, 1.54) is 12.1 Å². The van der Waals surface area contributed by atoms with E-state index in [0.29, 0.717) is 0 Å². The van der Waals surface area contributed by atoms with Crippen LogP contribution >= 0.6 is 23.2 Å². The average molecular weight is 278 g/mol. The molecule has 0 radical (unpaired) electrons. The minimum atomic E-state index is -1.09. The van der Waals surface area contributed by atoms with E-state index in [4.69, 9.17) is 23.2 Å². The Bertz CT molecular complexity index is 429. The van der Waals surface area contributed by atoms with Gasteiger partial charge < -0.3 is 5.32 Å². The molecule has 1 aromatic carbocycles. The Kier molecular flexibility index (Phi) is 4.39. The van der Waals surface area contributed by atoms with Gasteiger partial charge >= 0.3 is 0 Å². The molecule has 17 heavy (non-hydrogen) atoms. The summed E-state index contributed by atoms with van der Waals surface area (Å²) in [7, 11) is 0. The molecule has 0 saturated carbocycles. The van der Waals surface area contributed by atoms with Crippen molar-refractivity contribution < 1.29 is 9.18 Å². The summed E-state index contributed by atoms with van der Waals surface area (Å²) in [5.41, 5.74) is -0.333. The summed E-state index contributed by atoms with van der Waals surface area (Å²) in [5.74, 6) is -1.10. The lowest BCUT2D eigenvalue weighted by Crippen LogP contribution is -2.42. The Morgan fingerprint density at radius 3 is 2.53 bits per heavy atom. The smallest absolute Gasteiger partial charge is 0.243 e. The Labute approximate surface area is 110 Å². The SMILES string of the molecule is CC(C)(C)NC(=O)C(Cl)c1cccc(Cl)c1F. The van der Waals surface area contributed by atoms with Crippen molar-refractivity contribution >= 4 is 29.1 Å². The van der Waals surface area contributed by atoms with Crippen molar-refractivity contribution in [2.24, 2.45) is 0 Å². The van der Waals surface area contributed by atoms with E-state index in [1.807, 2.05) is 20.8 Å². The molecule has 1 rings (SSSR count). The Hall–Kier alpha value is -0.800. The van der Waals surface area contributed by atoms with E-state index < -0.39 is 22.6 Å². The van der Waals surface area contributed by atoms with E-state index in [9.17, 15) is 9.18 Å². The van der Waals surface area contributed by atoms with E-state index in [2.05, 4.69) is 5.32 Å². The molecule has 5 heteroatoms. The Balaban J connectivity index is 2.93. The van der Waals surface area contributed by atoms with Gasteiger partial charge in [-0.05, 0) is 26.8 Å². The first kappa shape index (κ1) is 14.3. The maximum Gasteiger partial charge on any atom is 0.243 e. The minimum Gasteiger partial charge on any atom is -0.350 e. The van der Waals surface area contributed by atoms with Crippen LogP contribution in [0.2, 0.25) is 5.02 Å². The first-order chi connectivity index (χ1) is 7.72. The number of halogens is 3. The van der Waals surface area contributed by atoms with Crippen molar-refractivity contribution in [2.45, 2.75) is 31.7 Å². The minimum absolute atomic E-state index is 0.0447. The van der Waals surface area contributed by atoms with Gasteiger partial charge in [0.15, 0.2) is 0 Å². The summed E-state index contributed by atoms with van der Waals surface area (Å²) in [6.45, 7) is 5.47. The molecule has 1 aromatic rings. The maximum atomic E-state index is 13.6. The van der Waals surface area contributed by atoms with Crippen molar-refractivity contribution in [2.75, 3.05) is 0 Å². The number of alkyl halides is 1. The third kappa shape index (κ3) is 3.86. The summed E-state index contributed by atoms with van der Waals surface area (Å²) in [6.07, 6.45) is 0. The number of hydrogen-bond donors (Lipinski definition) is 1. The first-order valence-electron chi connectivity index (χ1n) is 5.12. The lowest BCUT2D eigenvalue weighted by atomic mass is 10.1. The van der Waals surface area contributed by atoms with Gasteiger partial charge in [-0.3, -0.25) is 4.79 Å². The molecule has 0 aliphatic rings. The molecule has 0 heterocycles. The molecule has 0 aliphatic carbocycles. The van der Waals surface area contributed by atoms with E-state index in [-0.39, 0.29) is 10.6 Å². The van der Waals surface area contributed by atoms with Gasteiger partial charge in [-0.2, -0.15) is 0 Å². The second-order valence-corrected chi connectivity index (χ2v) is 5.59. The number of hydrogen-bond acceptors (Lipinski definition) is 1. The molecule has 94 valence electrons. The van der Waals surface area contributed by atoms with Crippen LogP contribution in [-0.2, 0) is 4.79 Å². The fourth-order valence-corrected chi connectivity index (χ4v) is 1.70. The van der Waals surface area contributed by atoms with Crippen molar-refractivity contribution in [3.05, 3.63) is 34.6 Å². The molecule has 1 N–H and O–H groups in total. The summed E-state index contributed by atoms with van der Waals surface area (Å²) in [6, 6.07) is 4.41. The molecule has 0 fully saturated rings. The van der Waals surface area contributed by atoms with Gasteiger partial charge in [-0.15, -0.1) is 11.6 Å². The summed E-state index contributed by atoms with van der Waals surface area (Å²) in [5, 5.41) is 1.55. The van der Waals surface area contributed by atoms with E-state index in [1.54, 1.807) is 6.07 Å². The second kappa shape index (κ2) is 5.23.